The van der Waals surface area contributed by atoms with Crippen LogP contribution in [-0.4, -0.2) is 37.1 Å². The van der Waals surface area contributed by atoms with E-state index in [4.69, 9.17) is 0 Å². The molecular formula is C12H24N2. The van der Waals surface area contributed by atoms with E-state index in [0.717, 1.165) is 25.0 Å². The minimum atomic E-state index is 0.637. The average Bonchev–Trinajstić information content (AvgIpc) is 2.11. The molecular weight excluding hydrogens is 172 g/mol. The van der Waals surface area contributed by atoms with Gasteiger partial charge in [-0.2, -0.15) is 0 Å². The molecule has 0 aromatic heterocycles. The van der Waals surface area contributed by atoms with Gasteiger partial charge >= 0.3 is 0 Å². The van der Waals surface area contributed by atoms with Crippen molar-refractivity contribution in [3.05, 3.63) is 12.7 Å². The van der Waals surface area contributed by atoms with Gasteiger partial charge in [-0.25, -0.2) is 0 Å². The fourth-order valence-electron chi connectivity index (χ4n) is 2.37. The van der Waals surface area contributed by atoms with Crippen molar-refractivity contribution in [2.45, 2.75) is 38.8 Å². The van der Waals surface area contributed by atoms with Crippen LogP contribution in [0.4, 0.5) is 0 Å². The lowest BCUT2D eigenvalue weighted by Gasteiger charge is -2.46. The van der Waals surface area contributed by atoms with Gasteiger partial charge in [0.15, 0.2) is 0 Å². The molecule has 0 amide bonds. The van der Waals surface area contributed by atoms with Crippen LogP contribution in [0.3, 0.4) is 0 Å². The van der Waals surface area contributed by atoms with Gasteiger partial charge in [0.25, 0.3) is 0 Å². The molecule has 0 aliphatic heterocycles. The number of hydrogen-bond donors (Lipinski definition) is 1. The topological polar surface area (TPSA) is 15.3 Å². The Bertz CT molecular complexity index is 177. The zero-order valence-corrected chi connectivity index (χ0v) is 9.79. The fraction of sp³-hybridized carbons (Fsp3) is 0.833. The molecule has 2 atom stereocenters. The summed E-state index contributed by atoms with van der Waals surface area (Å²) in [6.45, 7) is 10.6. The molecule has 0 heterocycles. The smallest absolute Gasteiger partial charge is 0.0166 e. The molecule has 82 valence electrons. The Labute approximate surface area is 88.4 Å². The molecule has 14 heavy (non-hydrogen) atoms. The summed E-state index contributed by atoms with van der Waals surface area (Å²) in [7, 11) is 2.04. The summed E-state index contributed by atoms with van der Waals surface area (Å²) in [6.07, 6.45) is 4.76. The summed E-state index contributed by atoms with van der Waals surface area (Å²) in [4.78, 5) is 2.57. The molecule has 0 saturated heterocycles. The highest BCUT2D eigenvalue weighted by Crippen LogP contribution is 2.32. The van der Waals surface area contributed by atoms with Crippen LogP contribution in [0.1, 0.15) is 26.7 Å². The number of hydrogen-bond acceptors (Lipinski definition) is 2. The maximum atomic E-state index is 3.84. The predicted molar refractivity (Wildman–Crippen MR) is 62.5 cm³/mol. The Morgan fingerprint density at radius 3 is 2.57 bits per heavy atom. The lowest BCUT2D eigenvalue weighted by Crippen LogP contribution is -2.52. The van der Waals surface area contributed by atoms with E-state index in [-0.39, 0.29) is 0 Å². The van der Waals surface area contributed by atoms with Crippen LogP contribution in [0.25, 0.3) is 0 Å². The summed E-state index contributed by atoms with van der Waals surface area (Å²) in [5, 5.41) is 3.28. The lowest BCUT2D eigenvalue weighted by molar-refractivity contribution is 0.0489. The van der Waals surface area contributed by atoms with Crippen molar-refractivity contribution in [1.29, 1.82) is 0 Å². The van der Waals surface area contributed by atoms with Crippen LogP contribution in [0.5, 0.6) is 0 Å². The Morgan fingerprint density at radius 2 is 2.21 bits per heavy atom. The largest absolute Gasteiger partial charge is 0.319 e. The van der Waals surface area contributed by atoms with E-state index in [1.807, 2.05) is 13.1 Å². The zero-order valence-electron chi connectivity index (χ0n) is 9.79. The molecule has 2 unspecified atom stereocenters. The van der Waals surface area contributed by atoms with Crippen molar-refractivity contribution in [2.75, 3.05) is 20.1 Å². The monoisotopic (exact) mass is 196 g/mol. The second-order valence-electron chi connectivity index (χ2n) is 4.54. The van der Waals surface area contributed by atoms with Gasteiger partial charge in [0.05, 0.1) is 0 Å². The molecule has 0 aromatic rings. The Hall–Kier alpha value is -0.340. The van der Waals surface area contributed by atoms with Crippen LogP contribution >= 0.6 is 0 Å². The molecule has 1 fully saturated rings. The first-order valence-corrected chi connectivity index (χ1v) is 5.72. The van der Waals surface area contributed by atoms with E-state index in [2.05, 4.69) is 30.6 Å². The van der Waals surface area contributed by atoms with Crippen molar-refractivity contribution in [3.8, 4) is 0 Å². The molecule has 1 aliphatic rings. The molecule has 0 bridgehead atoms. The molecule has 1 aliphatic carbocycles. The van der Waals surface area contributed by atoms with Crippen molar-refractivity contribution in [2.24, 2.45) is 5.92 Å². The molecule has 1 N–H and O–H groups in total. The van der Waals surface area contributed by atoms with E-state index in [0.29, 0.717) is 6.04 Å². The van der Waals surface area contributed by atoms with Crippen LogP contribution in [-0.2, 0) is 0 Å². The maximum Gasteiger partial charge on any atom is 0.0166 e. The summed E-state index contributed by atoms with van der Waals surface area (Å²) in [5.41, 5.74) is 0. The van der Waals surface area contributed by atoms with Crippen LogP contribution in [0.15, 0.2) is 12.7 Å². The summed E-state index contributed by atoms with van der Waals surface area (Å²) >= 11 is 0. The molecule has 2 nitrogen and oxygen atoms in total. The third-order valence-corrected chi connectivity index (χ3v) is 3.27. The molecule has 0 radical (unpaired) electrons. The highest BCUT2D eigenvalue weighted by atomic mass is 15.2. The van der Waals surface area contributed by atoms with E-state index < -0.39 is 0 Å². The average molecular weight is 196 g/mol. The van der Waals surface area contributed by atoms with Gasteiger partial charge in [0.1, 0.15) is 0 Å². The van der Waals surface area contributed by atoms with Gasteiger partial charge in [-0.1, -0.05) is 6.08 Å². The quantitative estimate of drug-likeness (QED) is 0.653. The first-order valence-electron chi connectivity index (χ1n) is 5.72. The molecule has 0 aromatic carbocycles. The maximum absolute atomic E-state index is 3.84. The summed E-state index contributed by atoms with van der Waals surface area (Å²) in [6, 6.07) is 1.41. The second-order valence-corrected chi connectivity index (χ2v) is 4.54. The van der Waals surface area contributed by atoms with Gasteiger partial charge in [-0.15, -0.1) is 6.58 Å². The van der Waals surface area contributed by atoms with Crippen LogP contribution < -0.4 is 5.32 Å². The third kappa shape index (κ3) is 2.58. The Balaban J connectivity index is 2.46. The highest BCUT2D eigenvalue weighted by Gasteiger charge is 2.35. The van der Waals surface area contributed by atoms with Gasteiger partial charge in [-0.05, 0) is 46.2 Å². The van der Waals surface area contributed by atoms with Crippen molar-refractivity contribution < 1.29 is 0 Å². The van der Waals surface area contributed by atoms with Crippen molar-refractivity contribution in [1.82, 2.24) is 10.2 Å². The predicted octanol–water partition coefficient (Wildman–Crippen LogP) is 1.88. The van der Waals surface area contributed by atoms with Crippen LogP contribution in [0.2, 0.25) is 0 Å². The van der Waals surface area contributed by atoms with Crippen molar-refractivity contribution in [3.63, 3.8) is 0 Å². The normalized spacial score (nSPS) is 26.6. The highest BCUT2D eigenvalue weighted by molar-refractivity contribution is 4.93. The van der Waals surface area contributed by atoms with Crippen molar-refractivity contribution >= 4 is 0 Å². The van der Waals surface area contributed by atoms with Crippen LogP contribution in [0, 0.1) is 5.92 Å². The number of nitrogens with zero attached hydrogens (tertiary/aromatic N) is 1. The zero-order chi connectivity index (χ0) is 10.6. The standard InChI is InChI=1S/C12H24N2/c1-5-8-14(10(2)3)12-7-6-11(12)9-13-4/h5,10-13H,1,6-9H2,2-4H3. The molecule has 2 heteroatoms. The fourth-order valence-corrected chi connectivity index (χ4v) is 2.37. The van der Waals surface area contributed by atoms with E-state index >= 15 is 0 Å². The SMILES string of the molecule is C=CCN(C(C)C)C1CCC1CNC. The third-order valence-electron chi connectivity index (χ3n) is 3.27. The minimum Gasteiger partial charge on any atom is -0.319 e. The molecule has 1 saturated carbocycles. The van der Waals surface area contributed by atoms with E-state index in [9.17, 15) is 0 Å². The van der Waals surface area contributed by atoms with E-state index in [1.54, 1.807) is 0 Å². The molecule has 0 spiro atoms. The van der Waals surface area contributed by atoms with E-state index in [1.165, 1.54) is 12.8 Å². The Kier molecular flexibility index (Phi) is 4.63. The lowest BCUT2D eigenvalue weighted by atomic mass is 9.78. The molecule has 1 rings (SSSR count). The Morgan fingerprint density at radius 1 is 1.50 bits per heavy atom. The minimum absolute atomic E-state index is 0.637. The second kappa shape index (κ2) is 5.52. The number of rotatable bonds is 6. The van der Waals surface area contributed by atoms with Gasteiger partial charge in [-0.3, -0.25) is 4.90 Å². The summed E-state index contributed by atoms with van der Waals surface area (Å²) < 4.78 is 0. The first-order chi connectivity index (χ1) is 6.70. The first kappa shape index (κ1) is 11.7. The van der Waals surface area contributed by atoms with Gasteiger partial charge in [0, 0.05) is 18.6 Å². The van der Waals surface area contributed by atoms with Gasteiger partial charge < -0.3 is 5.32 Å². The van der Waals surface area contributed by atoms with Gasteiger partial charge in [0.2, 0.25) is 0 Å². The number of nitrogens with one attached hydrogen (secondary N) is 1. The summed E-state index contributed by atoms with van der Waals surface area (Å²) in [5.74, 6) is 0.849.